The number of nitrogens with zero attached hydrogens (tertiary/aromatic N) is 5. The highest BCUT2D eigenvalue weighted by molar-refractivity contribution is 5.95. The highest BCUT2D eigenvalue weighted by Crippen LogP contribution is 2.36. The zero-order valence-electron chi connectivity index (χ0n) is 23.9. The summed E-state index contributed by atoms with van der Waals surface area (Å²) in [5.41, 5.74) is 1.57. The number of nitrogens with one attached hydrogen (secondary N) is 1. The van der Waals surface area contributed by atoms with Gasteiger partial charge in [0.1, 0.15) is 34.4 Å². The number of rotatable bonds is 5. The van der Waals surface area contributed by atoms with E-state index in [1.807, 2.05) is 31.5 Å². The monoisotopic (exact) mass is 576 g/mol. The molecule has 220 valence electrons. The van der Waals surface area contributed by atoms with Crippen molar-refractivity contribution in [3.05, 3.63) is 60.4 Å². The fourth-order valence-corrected chi connectivity index (χ4v) is 5.52. The third kappa shape index (κ3) is 5.78. The van der Waals surface area contributed by atoms with Gasteiger partial charge in [-0.25, -0.2) is 23.2 Å². The zero-order chi connectivity index (χ0) is 29.4. The van der Waals surface area contributed by atoms with Crippen molar-refractivity contribution >= 4 is 22.8 Å². The second-order valence-corrected chi connectivity index (χ2v) is 11.8. The first-order valence-corrected chi connectivity index (χ1v) is 14.3. The van der Waals surface area contributed by atoms with Crippen LogP contribution in [0.4, 0.5) is 19.4 Å². The van der Waals surface area contributed by atoms with Crippen molar-refractivity contribution < 1.29 is 23.0 Å². The Morgan fingerprint density at radius 2 is 1.90 bits per heavy atom. The predicted molar refractivity (Wildman–Crippen MR) is 155 cm³/mol. The molecule has 4 aromatic rings. The summed E-state index contributed by atoms with van der Waals surface area (Å²) in [6, 6.07) is 9.09. The molecule has 2 aliphatic heterocycles. The molecular weight excluding hydrogens is 542 g/mol. The van der Waals surface area contributed by atoms with Crippen LogP contribution in [0.25, 0.3) is 33.4 Å². The van der Waals surface area contributed by atoms with Crippen LogP contribution in [-0.4, -0.2) is 62.1 Å². The molecule has 1 amide bonds. The Labute approximate surface area is 242 Å². The summed E-state index contributed by atoms with van der Waals surface area (Å²) in [4.78, 5) is 23.4. The van der Waals surface area contributed by atoms with Crippen molar-refractivity contribution in [2.75, 3.05) is 25.0 Å². The van der Waals surface area contributed by atoms with Gasteiger partial charge in [0.05, 0.1) is 23.5 Å². The van der Waals surface area contributed by atoms with Gasteiger partial charge in [-0.1, -0.05) is 12.1 Å². The van der Waals surface area contributed by atoms with E-state index in [0.29, 0.717) is 47.9 Å². The van der Waals surface area contributed by atoms with Crippen molar-refractivity contribution in [3.8, 4) is 22.5 Å². The van der Waals surface area contributed by atoms with E-state index < -0.39 is 17.2 Å². The zero-order valence-corrected chi connectivity index (χ0v) is 23.9. The Morgan fingerprint density at radius 3 is 2.64 bits per heavy atom. The van der Waals surface area contributed by atoms with Crippen LogP contribution in [-0.2, 0) is 9.47 Å². The maximum Gasteiger partial charge on any atom is 0.410 e. The Hall–Kier alpha value is -4.12. The number of carbonyl (C=O) groups excluding carboxylic acids is 1. The smallest absolute Gasteiger partial charge is 0.410 e. The molecule has 1 unspecified atom stereocenters. The quantitative estimate of drug-likeness (QED) is 0.288. The van der Waals surface area contributed by atoms with Gasteiger partial charge in [0.15, 0.2) is 6.23 Å². The topological polar surface area (TPSA) is 94.4 Å². The van der Waals surface area contributed by atoms with E-state index in [9.17, 15) is 13.6 Å². The minimum atomic E-state index is -0.637. The minimum absolute atomic E-state index is 0.0253. The molecule has 4 heterocycles. The van der Waals surface area contributed by atoms with Crippen LogP contribution in [0.5, 0.6) is 0 Å². The Balaban J connectivity index is 1.33. The molecule has 9 nitrogen and oxygen atoms in total. The molecule has 1 N–H and O–H groups in total. The van der Waals surface area contributed by atoms with E-state index in [-0.39, 0.29) is 23.9 Å². The first kappa shape index (κ1) is 28.0. The van der Waals surface area contributed by atoms with E-state index >= 15 is 0 Å². The van der Waals surface area contributed by atoms with Gasteiger partial charge in [0, 0.05) is 31.1 Å². The molecule has 2 saturated heterocycles. The number of halogens is 2. The van der Waals surface area contributed by atoms with Crippen molar-refractivity contribution in [3.63, 3.8) is 0 Å². The summed E-state index contributed by atoms with van der Waals surface area (Å²) in [6.07, 6.45) is 6.21. The van der Waals surface area contributed by atoms with Crippen molar-refractivity contribution in [2.45, 2.75) is 64.3 Å². The lowest BCUT2D eigenvalue weighted by atomic mass is 10.0. The third-order valence-electron chi connectivity index (χ3n) is 7.46. The average molecular weight is 577 g/mol. The van der Waals surface area contributed by atoms with Gasteiger partial charge in [0.2, 0.25) is 0 Å². The van der Waals surface area contributed by atoms with Gasteiger partial charge in [-0.15, -0.1) is 0 Å². The van der Waals surface area contributed by atoms with Crippen molar-refractivity contribution in [2.24, 2.45) is 0 Å². The summed E-state index contributed by atoms with van der Waals surface area (Å²) in [5, 5.41) is 8.98. The fraction of sp³-hybridized carbons (Fsp3) is 0.419. The molecule has 0 aliphatic carbocycles. The number of benzene rings is 2. The molecule has 0 radical (unpaired) electrons. The Kier molecular flexibility index (Phi) is 7.53. The summed E-state index contributed by atoms with van der Waals surface area (Å²) < 4.78 is 42.8. The molecule has 2 aromatic heterocycles. The highest BCUT2D eigenvalue weighted by Gasteiger charge is 2.30. The van der Waals surface area contributed by atoms with E-state index in [0.717, 1.165) is 31.2 Å². The maximum absolute atomic E-state index is 14.7. The summed E-state index contributed by atoms with van der Waals surface area (Å²) in [7, 11) is 0. The number of carbonyl (C=O) groups is 1. The second-order valence-electron chi connectivity index (χ2n) is 11.8. The third-order valence-corrected chi connectivity index (χ3v) is 7.46. The first-order valence-electron chi connectivity index (χ1n) is 14.3. The standard InChI is InChI=1S/C31H34F2N6O3/c1-31(2,3)42-30(40)38-13-12-20(18-38)35-26-17-34-16-24(36-26)29-21-15-19(28-22(32)7-6-8-23(28)33)10-11-25(21)39(37-29)27-9-4-5-14-41-27/h6-8,10-11,15-17,20,27H,4-5,9,12-14,18H2,1-3H3,(H,35,36)/t20-,27?/m1/s1. The number of anilines is 1. The Bertz CT molecular complexity index is 1590. The van der Waals surface area contributed by atoms with Crippen molar-refractivity contribution in [1.29, 1.82) is 0 Å². The first-order chi connectivity index (χ1) is 20.2. The molecule has 2 aliphatic rings. The van der Waals surface area contributed by atoms with Gasteiger partial charge in [-0.3, -0.25) is 4.98 Å². The maximum atomic E-state index is 14.7. The fourth-order valence-electron chi connectivity index (χ4n) is 5.52. The molecule has 2 fully saturated rings. The molecule has 6 rings (SSSR count). The molecule has 2 atom stereocenters. The number of likely N-dealkylation sites (tertiary alicyclic amines) is 1. The Morgan fingerprint density at radius 1 is 1.10 bits per heavy atom. The minimum Gasteiger partial charge on any atom is -0.444 e. The van der Waals surface area contributed by atoms with Crippen LogP contribution in [0.3, 0.4) is 0 Å². The number of amides is 1. The van der Waals surface area contributed by atoms with E-state index in [2.05, 4.69) is 10.3 Å². The van der Waals surface area contributed by atoms with Crippen LogP contribution in [0.15, 0.2) is 48.8 Å². The molecule has 2 aromatic carbocycles. The van der Waals surface area contributed by atoms with Gasteiger partial charge in [0.25, 0.3) is 0 Å². The average Bonchev–Trinajstić information content (AvgIpc) is 3.58. The van der Waals surface area contributed by atoms with Gasteiger partial charge >= 0.3 is 6.09 Å². The van der Waals surface area contributed by atoms with Gasteiger partial charge in [-0.05, 0) is 76.3 Å². The van der Waals surface area contributed by atoms with E-state index in [1.165, 1.54) is 18.2 Å². The lowest BCUT2D eigenvalue weighted by Gasteiger charge is -2.24. The van der Waals surface area contributed by atoms with E-state index in [4.69, 9.17) is 19.6 Å². The number of hydrogen-bond donors (Lipinski definition) is 1. The van der Waals surface area contributed by atoms with Crippen LogP contribution in [0.2, 0.25) is 0 Å². The molecular formula is C31H34F2N6O3. The lowest BCUT2D eigenvalue weighted by molar-refractivity contribution is -0.0365. The highest BCUT2D eigenvalue weighted by atomic mass is 19.1. The van der Waals surface area contributed by atoms with Crippen LogP contribution in [0.1, 0.15) is 52.7 Å². The molecule has 0 bridgehead atoms. The normalized spacial score (nSPS) is 19.3. The van der Waals surface area contributed by atoms with E-state index in [1.54, 1.807) is 29.4 Å². The van der Waals surface area contributed by atoms with Crippen molar-refractivity contribution in [1.82, 2.24) is 24.6 Å². The van der Waals surface area contributed by atoms with Crippen LogP contribution < -0.4 is 5.32 Å². The molecule has 42 heavy (non-hydrogen) atoms. The summed E-state index contributed by atoms with van der Waals surface area (Å²) in [6.45, 7) is 7.23. The van der Waals surface area contributed by atoms with Crippen LogP contribution >= 0.6 is 0 Å². The number of ether oxygens (including phenoxy) is 2. The molecule has 0 saturated carbocycles. The summed E-state index contributed by atoms with van der Waals surface area (Å²) in [5.74, 6) is -0.736. The van der Waals surface area contributed by atoms with Gasteiger partial charge in [-0.2, -0.15) is 5.10 Å². The molecule has 0 spiro atoms. The number of hydrogen-bond acceptors (Lipinski definition) is 7. The largest absolute Gasteiger partial charge is 0.444 e. The molecule has 11 heteroatoms. The van der Waals surface area contributed by atoms with Crippen LogP contribution in [0, 0.1) is 11.6 Å². The number of fused-ring (bicyclic) bond motifs is 1. The number of aromatic nitrogens is 4. The summed E-state index contributed by atoms with van der Waals surface area (Å²) >= 11 is 0. The second kappa shape index (κ2) is 11.3. The lowest BCUT2D eigenvalue weighted by Crippen LogP contribution is -2.36. The predicted octanol–water partition coefficient (Wildman–Crippen LogP) is 6.56. The SMILES string of the molecule is CC(C)(C)OC(=O)N1CC[C@@H](Nc2cncc(-c3nn(C4CCCCO4)c4ccc(-c5c(F)cccc5F)cc34)n2)C1. The van der Waals surface area contributed by atoms with Gasteiger partial charge < -0.3 is 19.7 Å².